The summed E-state index contributed by atoms with van der Waals surface area (Å²) in [6, 6.07) is 14.4. The van der Waals surface area contributed by atoms with Crippen molar-refractivity contribution in [2.45, 2.75) is 26.3 Å². The Balaban J connectivity index is 1.61. The minimum Gasteiger partial charge on any atom is -0.496 e. The number of aliphatic imine (C=N–C) groups is 1. The zero-order chi connectivity index (χ0) is 23.4. The van der Waals surface area contributed by atoms with Crippen LogP contribution in [0, 0.1) is 0 Å². The smallest absolute Gasteiger partial charge is 0.338 e. The summed E-state index contributed by atoms with van der Waals surface area (Å²) in [6.45, 7) is 4.79. The van der Waals surface area contributed by atoms with E-state index in [1.54, 1.807) is 36.9 Å². The third-order valence-electron chi connectivity index (χ3n) is 5.59. The molecule has 0 spiro atoms. The fourth-order valence-electron chi connectivity index (χ4n) is 4.06. The largest absolute Gasteiger partial charge is 0.496 e. The molecule has 2 aromatic carbocycles. The highest BCUT2D eigenvalue weighted by atomic mass is 32.2. The van der Waals surface area contributed by atoms with Gasteiger partial charge in [-0.2, -0.15) is 0 Å². The van der Waals surface area contributed by atoms with Gasteiger partial charge < -0.3 is 19.7 Å². The van der Waals surface area contributed by atoms with Gasteiger partial charge in [-0.25, -0.2) is 9.79 Å². The zero-order valence-corrected chi connectivity index (χ0v) is 19.8. The first-order valence-electron chi connectivity index (χ1n) is 10.9. The van der Waals surface area contributed by atoms with Gasteiger partial charge in [0.1, 0.15) is 5.75 Å². The quantitative estimate of drug-likeness (QED) is 0.627. The molecule has 8 heteroatoms. The number of nitrogens with one attached hydrogen (secondary N) is 1. The third-order valence-corrected chi connectivity index (χ3v) is 6.67. The first-order valence-corrected chi connectivity index (χ1v) is 11.9. The van der Waals surface area contributed by atoms with Crippen molar-refractivity contribution < 1.29 is 19.1 Å². The lowest BCUT2D eigenvalue weighted by molar-refractivity contribution is -0.139. The lowest BCUT2D eigenvalue weighted by Crippen LogP contribution is -2.42. The van der Waals surface area contributed by atoms with Crippen molar-refractivity contribution >= 4 is 34.5 Å². The average molecular weight is 466 g/mol. The van der Waals surface area contributed by atoms with Gasteiger partial charge in [0.25, 0.3) is 5.91 Å². The molecule has 1 saturated heterocycles. The zero-order valence-electron chi connectivity index (χ0n) is 19.0. The first kappa shape index (κ1) is 22.9. The fraction of sp³-hybridized carbons (Fsp3) is 0.320. The summed E-state index contributed by atoms with van der Waals surface area (Å²) in [4.78, 5) is 32.4. The molecule has 0 bridgehead atoms. The Morgan fingerprint density at radius 3 is 2.67 bits per heavy atom. The van der Waals surface area contributed by atoms with Crippen LogP contribution in [0.3, 0.4) is 0 Å². The second-order valence-corrected chi connectivity index (χ2v) is 8.75. The number of para-hydroxylation sites is 1. The number of anilines is 1. The van der Waals surface area contributed by atoms with Crippen molar-refractivity contribution in [3.63, 3.8) is 0 Å². The van der Waals surface area contributed by atoms with Crippen molar-refractivity contribution in [1.29, 1.82) is 0 Å². The summed E-state index contributed by atoms with van der Waals surface area (Å²) in [5, 5.41) is 3.85. The van der Waals surface area contributed by atoms with E-state index >= 15 is 0 Å². The lowest BCUT2D eigenvalue weighted by atomic mass is 9.94. The van der Waals surface area contributed by atoms with Crippen molar-refractivity contribution in [3.05, 3.63) is 70.9 Å². The number of carbonyl (C=O) groups excluding carboxylic acids is 2. The number of amides is 1. The highest BCUT2D eigenvalue weighted by Crippen LogP contribution is 2.40. The Morgan fingerprint density at radius 2 is 1.94 bits per heavy atom. The van der Waals surface area contributed by atoms with Crippen LogP contribution in [0.15, 0.2) is 64.8 Å². The highest BCUT2D eigenvalue weighted by Gasteiger charge is 2.37. The molecule has 2 aliphatic heterocycles. The molecule has 0 aliphatic carbocycles. The van der Waals surface area contributed by atoms with E-state index in [0.29, 0.717) is 34.9 Å². The van der Waals surface area contributed by atoms with Gasteiger partial charge in [-0.3, -0.25) is 4.79 Å². The summed E-state index contributed by atoms with van der Waals surface area (Å²) in [7, 11) is 1.54. The number of fused-ring (bicyclic) bond motifs is 1. The number of hydrogen-bond acceptors (Lipinski definition) is 7. The number of hydrogen-bond donors (Lipinski definition) is 1. The second-order valence-electron chi connectivity index (χ2n) is 7.69. The molecular formula is C25H27N3O4S. The molecule has 172 valence electrons. The van der Waals surface area contributed by atoms with E-state index < -0.39 is 0 Å². The molecule has 0 unspecified atom stereocenters. The Bertz CT molecular complexity index is 1110. The van der Waals surface area contributed by atoms with Crippen LogP contribution in [-0.2, 0) is 9.53 Å². The molecule has 1 N–H and O–H groups in total. The van der Waals surface area contributed by atoms with Gasteiger partial charge in [0.15, 0.2) is 5.17 Å². The van der Waals surface area contributed by atoms with E-state index in [4.69, 9.17) is 9.47 Å². The number of nitrogens with zero attached hydrogens (tertiary/aromatic N) is 2. The van der Waals surface area contributed by atoms with Gasteiger partial charge in [0.05, 0.1) is 36.6 Å². The number of allylic oxidation sites excluding steroid dienone is 1. The van der Waals surface area contributed by atoms with E-state index in [2.05, 4.69) is 15.2 Å². The Labute approximate surface area is 197 Å². The number of thioether (sulfide) groups is 1. The average Bonchev–Trinajstić information content (AvgIpc) is 2.83. The van der Waals surface area contributed by atoms with Crippen LogP contribution in [-0.4, -0.2) is 48.0 Å². The molecule has 2 heterocycles. The van der Waals surface area contributed by atoms with Crippen LogP contribution in [0.1, 0.15) is 42.2 Å². The number of esters is 1. The predicted octanol–water partition coefficient (Wildman–Crippen LogP) is 4.63. The van der Waals surface area contributed by atoms with Crippen LogP contribution < -0.4 is 10.1 Å². The molecule has 0 aromatic heterocycles. The minimum atomic E-state index is -0.341. The van der Waals surface area contributed by atoms with Crippen LogP contribution >= 0.6 is 11.8 Å². The van der Waals surface area contributed by atoms with Crippen molar-refractivity contribution in [2.24, 2.45) is 4.99 Å². The van der Waals surface area contributed by atoms with E-state index in [0.717, 1.165) is 29.4 Å². The highest BCUT2D eigenvalue weighted by molar-refractivity contribution is 8.13. The molecule has 1 atom stereocenters. The number of amidine groups is 1. The molecule has 33 heavy (non-hydrogen) atoms. The van der Waals surface area contributed by atoms with E-state index in [9.17, 15) is 9.59 Å². The number of methoxy groups -OCH3 is 1. The van der Waals surface area contributed by atoms with Gasteiger partial charge in [-0.05, 0) is 50.1 Å². The summed E-state index contributed by atoms with van der Waals surface area (Å²) in [5.74, 6) is 0.940. The van der Waals surface area contributed by atoms with Crippen molar-refractivity contribution in [2.75, 3.05) is 31.3 Å². The Kier molecular flexibility index (Phi) is 7.03. The molecule has 2 aromatic rings. The predicted molar refractivity (Wildman–Crippen MR) is 131 cm³/mol. The summed E-state index contributed by atoms with van der Waals surface area (Å²) < 4.78 is 10.7. The maximum atomic E-state index is 12.8. The lowest BCUT2D eigenvalue weighted by Gasteiger charge is -2.40. The number of rotatable bonds is 6. The fourth-order valence-corrected chi connectivity index (χ4v) is 5.08. The van der Waals surface area contributed by atoms with Crippen molar-refractivity contribution in [1.82, 2.24) is 4.90 Å². The van der Waals surface area contributed by atoms with Crippen LogP contribution in [0.2, 0.25) is 0 Å². The molecule has 7 nitrogen and oxygen atoms in total. The van der Waals surface area contributed by atoms with Crippen LogP contribution in [0.4, 0.5) is 5.69 Å². The van der Waals surface area contributed by atoms with Gasteiger partial charge in [-0.15, -0.1) is 0 Å². The van der Waals surface area contributed by atoms with E-state index in [-0.39, 0.29) is 17.9 Å². The maximum Gasteiger partial charge on any atom is 0.338 e. The van der Waals surface area contributed by atoms with Gasteiger partial charge in [-0.1, -0.05) is 36.0 Å². The molecule has 0 radical (unpaired) electrons. The van der Waals surface area contributed by atoms with Gasteiger partial charge >= 0.3 is 5.97 Å². The minimum absolute atomic E-state index is 0.248. The summed E-state index contributed by atoms with van der Waals surface area (Å²) in [6.07, 6.45) is 1.02. The topological polar surface area (TPSA) is 80.2 Å². The normalized spacial score (nSPS) is 17.7. The van der Waals surface area contributed by atoms with Gasteiger partial charge in [0, 0.05) is 18.0 Å². The molecular weight excluding hydrogens is 438 g/mol. The Morgan fingerprint density at radius 1 is 1.18 bits per heavy atom. The van der Waals surface area contributed by atoms with Crippen LogP contribution in [0.25, 0.3) is 0 Å². The first-order chi connectivity index (χ1) is 16.0. The second kappa shape index (κ2) is 10.1. The third kappa shape index (κ3) is 4.75. The Hall–Kier alpha value is -3.26. The molecule has 2 aliphatic rings. The molecule has 0 saturated carbocycles. The summed E-state index contributed by atoms with van der Waals surface area (Å²) >= 11 is 1.71. The summed E-state index contributed by atoms with van der Waals surface area (Å²) in [5.41, 5.74) is 3.32. The number of ether oxygens (including phenoxy) is 2. The SMILES string of the molecule is CCOC(=O)C1=C(C)N=C2SCCCN2[C@H]1c1ccc(NC(=O)c2ccccc2OC)cc1. The van der Waals surface area contributed by atoms with E-state index in [1.807, 2.05) is 37.3 Å². The monoisotopic (exact) mass is 465 g/mol. The van der Waals surface area contributed by atoms with Gasteiger partial charge in [0.2, 0.25) is 0 Å². The van der Waals surface area contributed by atoms with Crippen molar-refractivity contribution in [3.8, 4) is 5.75 Å². The van der Waals surface area contributed by atoms with E-state index in [1.165, 1.54) is 7.11 Å². The number of carbonyl (C=O) groups is 2. The standard InChI is InChI=1S/C25H27N3O4S/c1-4-32-24(30)21-16(2)26-25-28(14-7-15-33-25)22(21)17-10-12-18(13-11-17)27-23(29)19-8-5-6-9-20(19)31-3/h5-6,8-13,22H,4,7,14-15H2,1-3H3,(H,27,29)/t22-/m0/s1. The maximum absolute atomic E-state index is 12.8. The molecule has 4 rings (SSSR count). The molecule has 1 amide bonds. The van der Waals surface area contributed by atoms with Crippen LogP contribution in [0.5, 0.6) is 5.75 Å². The molecule has 1 fully saturated rings. The number of benzene rings is 2.